The Morgan fingerprint density at radius 1 is 1.40 bits per heavy atom. The van der Waals surface area contributed by atoms with E-state index in [2.05, 4.69) is 0 Å². The molecule has 1 atom stereocenters. The molecule has 0 aliphatic heterocycles. The minimum atomic E-state index is -4.60. The summed E-state index contributed by atoms with van der Waals surface area (Å²) in [4.78, 5) is 0. The third-order valence-electron chi connectivity index (χ3n) is 1.98. The van der Waals surface area contributed by atoms with Crippen LogP contribution in [0.5, 0.6) is 5.75 Å². The monoisotopic (exact) mass is 239 g/mol. The van der Waals surface area contributed by atoms with Crippen molar-refractivity contribution in [1.82, 2.24) is 0 Å². The molecule has 0 saturated carbocycles. The van der Waals surface area contributed by atoms with Crippen molar-refractivity contribution in [3.8, 4) is 5.75 Å². The van der Waals surface area contributed by atoms with E-state index in [1.54, 1.807) is 0 Å². The molecule has 0 aromatic heterocycles. The van der Waals surface area contributed by atoms with E-state index in [0.717, 1.165) is 6.07 Å². The van der Waals surface area contributed by atoms with Crippen molar-refractivity contribution in [3.05, 3.63) is 28.3 Å². The van der Waals surface area contributed by atoms with E-state index in [-0.39, 0.29) is 10.6 Å². The first kappa shape index (κ1) is 12.1. The molecule has 0 heterocycles. The quantitative estimate of drug-likeness (QED) is 0.792. The number of halogens is 4. The van der Waals surface area contributed by atoms with E-state index in [9.17, 15) is 18.3 Å². The van der Waals surface area contributed by atoms with Gasteiger partial charge in [0.25, 0.3) is 0 Å². The first-order chi connectivity index (χ1) is 6.73. The van der Waals surface area contributed by atoms with Crippen LogP contribution in [0.1, 0.15) is 17.2 Å². The number of phenols is 1. The summed E-state index contributed by atoms with van der Waals surface area (Å²) >= 11 is 5.58. The van der Waals surface area contributed by atoms with Gasteiger partial charge < -0.3 is 10.8 Å². The summed E-state index contributed by atoms with van der Waals surface area (Å²) in [7, 11) is 0. The van der Waals surface area contributed by atoms with Gasteiger partial charge in [-0.1, -0.05) is 11.6 Å². The second-order valence-corrected chi connectivity index (χ2v) is 3.62. The summed E-state index contributed by atoms with van der Waals surface area (Å²) in [5, 5.41) is 9.53. The van der Waals surface area contributed by atoms with Gasteiger partial charge in [0.15, 0.2) is 0 Å². The van der Waals surface area contributed by atoms with Crippen molar-refractivity contribution in [2.24, 2.45) is 5.73 Å². The van der Waals surface area contributed by atoms with Crippen LogP contribution in [0.25, 0.3) is 0 Å². The molecule has 84 valence electrons. The molecule has 1 aromatic rings. The van der Waals surface area contributed by atoms with Crippen LogP contribution in [-0.4, -0.2) is 11.3 Å². The van der Waals surface area contributed by atoms with Gasteiger partial charge in [0.1, 0.15) is 11.8 Å². The molecule has 0 fully saturated rings. The molecule has 0 spiro atoms. The van der Waals surface area contributed by atoms with Crippen LogP contribution in [0.15, 0.2) is 12.1 Å². The second-order valence-electron chi connectivity index (χ2n) is 3.18. The Labute approximate surface area is 89.5 Å². The Kier molecular flexibility index (Phi) is 3.16. The standard InChI is InChI=1S/C9H9ClF3NO/c1-4-2-5(10)3-6(7(4)15)8(14)9(11,12)13/h2-3,8,15H,14H2,1H3/t8-/m0/s1. The maximum atomic E-state index is 12.3. The van der Waals surface area contributed by atoms with Crippen molar-refractivity contribution in [2.45, 2.75) is 19.1 Å². The molecule has 0 radical (unpaired) electrons. The lowest BCUT2D eigenvalue weighted by molar-refractivity contribution is -0.149. The Morgan fingerprint density at radius 2 is 1.93 bits per heavy atom. The van der Waals surface area contributed by atoms with Crippen LogP contribution in [-0.2, 0) is 0 Å². The van der Waals surface area contributed by atoms with E-state index in [0.29, 0.717) is 0 Å². The highest BCUT2D eigenvalue weighted by atomic mass is 35.5. The molecule has 0 amide bonds. The summed E-state index contributed by atoms with van der Waals surface area (Å²) in [6.45, 7) is 1.45. The van der Waals surface area contributed by atoms with E-state index < -0.39 is 23.5 Å². The molecule has 0 unspecified atom stereocenters. The van der Waals surface area contributed by atoms with Gasteiger partial charge in [-0.05, 0) is 24.6 Å². The average molecular weight is 240 g/mol. The van der Waals surface area contributed by atoms with Crippen LogP contribution in [0, 0.1) is 6.92 Å². The summed E-state index contributed by atoms with van der Waals surface area (Å²) in [5.41, 5.74) is 4.82. The Bertz CT molecular complexity index is 378. The first-order valence-electron chi connectivity index (χ1n) is 4.04. The Balaban J connectivity index is 3.25. The minimum Gasteiger partial charge on any atom is -0.507 e. The van der Waals surface area contributed by atoms with Gasteiger partial charge in [0.05, 0.1) is 0 Å². The molecular formula is C9H9ClF3NO. The zero-order valence-electron chi connectivity index (χ0n) is 7.77. The summed E-state index contributed by atoms with van der Waals surface area (Å²) in [5.74, 6) is -0.468. The van der Waals surface area contributed by atoms with Gasteiger partial charge in [-0.2, -0.15) is 13.2 Å². The van der Waals surface area contributed by atoms with Crippen LogP contribution < -0.4 is 5.73 Å². The smallest absolute Gasteiger partial charge is 0.407 e. The number of phenolic OH excluding ortho intramolecular Hbond substituents is 1. The third-order valence-corrected chi connectivity index (χ3v) is 2.20. The molecule has 3 N–H and O–H groups in total. The normalized spacial score (nSPS) is 14.0. The number of benzene rings is 1. The minimum absolute atomic E-state index is 0.111. The fourth-order valence-corrected chi connectivity index (χ4v) is 1.46. The number of nitrogens with two attached hydrogens (primary N) is 1. The average Bonchev–Trinajstić information content (AvgIpc) is 2.08. The summed E-state index contributed by atoms with van der Waals surface area (Å²) in [6, 6.07) is 0.154. The van der Waals surface area contributed by atoms with E-state index in [4.69, 9.17) is 17.3 Å². The van der Waals surface area contributed by atoms with Crippen LogP contribution in [0.2, 0.25) is 5.02 Å². The van der Waals surface area contributed by atoms with Gasteiger partial charge >= 0.3 is 6.18 Å². The van der Waals surface area contributed by atoms with Crippen molar-refractivity contribution in [2.75, 3.05) is 0 Å². The Hall–Kier alpha value is -0.940. The topological polar surface area (TPSA) is 46.2 Å². The maximum absolute atomic E-state index is 12.3. The summed E-state index contributed by atoms with van der Waals surface area (Å²) < 4.78 is 36.9. The molecule has 15 heavy (non-hydrogen) atoms. The molecule has 2 nitrogen and oxygen atoms in total. The molecule has 1 rings (SSSR count). The van der Waals surface area contributed by atoms with Gasteiger partial charge in [-0.15, -0.1) is 0 Å². The fourth-order valence-electron chi connectivity index (χ4n) is 1.17. The molecule has 0 aliphatic rings. The molecular weight excluding hydrogens is 231 g/mol. The highest BCUT2D eigenvalue weighted by molar-refractivity contribution is 6.30. The van der Waals surface area contributed by atoms with E-state index >= 15 is 0 Å². The number of hydrogen-bond donors (Lipinski definition) is 2. The van der Waals surface area contributed by atoms with Gasteiger partial charge in [-0.3, -0.25) is 0 Å². The lowest BCUT2D eigenvalue weighted by atomic mass is 10.0. The molecule has 0 bridgehead atoms. The van der Waals surface area contributed by atoms with Crippen molar-refractivity contribution >= 4 is 11.6 Å². The molecule has 1 aromatic carbocycles. The number of aryl methyl sites for hydroxylation is 1. The van der Waals surface area contributed by atoms with Gasteiger partial charge in [-0.25, -0.2) is 0 Å². The maximum Gasteiger partial charge on any atom is 0.407 e. The number of hydrogen-bond acceptors (Lipinski definition) is 2. The third kappa shape index (κ3) is 2.54. The van der Waals surface area contributed by atoms with Crippen molar-refractivity contribution in [1.29, 1.82) is 0 Å². The number of aromatic hydroxyl groups is 1. The predicted octanol–water partition coefficient (Wildman–Crippen LogP) is 2.92. The number of rotatable bonds is 1. The zero-order chi connectivity index (χ0) is 11.8. The predicted molar refractivity (Wildman–Crippen MR) is 50.8 cm³/mol. The van der Waals surface area contributed by atoms with E-state index in [1.165, 1.54) is 13.0 Å². The van der Waals surface area contributed by atoms with Gasteiger partial charge in [0, 0.05) is 10.6 Å². The largest absolute Gasteiger partial charge is 0.507 e. The lowest BCUT2D eigenvalue weighted by Gasteiger charge is -2.18. The molecule has 6 heteroatoms. The zero-order valence-corrected chi connectivity index (χ0v) is 8.52. The van der Waals surface area contributed by atoms with Crippen LogP contribution >= 0.6 is 11.6 Å². The summed E-state index contributed by atoms with van der Waals surface area (Å²) in [6.07, 6.45) is -4.60. The van der Waals surface area contributed by atoms with E-state index in [1.807, 2.05) is 0 Å². The van der Waals surface area contributed by atoms with Crippen LogP contribution in [0.4, 0.5) is 13.2 Å². The Morgan fingerprint density at radius 3 is 2.40 bits per heavy atom. The lowest BCUT2D eigenvalue weighted by Crippen LogP contribution is -2.28. The number of alkyl halides is 3. The second kappa shape index (κ2) is 3.90. The highest BCUT2D eigenvalue weighted by Gasteiger charge is 2.39. The van der Waals surface area contributed by atoms with Gasteiger partial charge in [0.2, 0.25) is 0 Å². The molecule has 0 aliphatic carbocycles. The first-order valence-corrected chi connectivity index (χ1v) is 4.42. The SMILES string of the molecule is Cc1cc(Cl)cc([C@H](N)C(F)(F)F)c1O. The molecule has 0 saturated heterocycles. The van der Waals surface area contributed by atoms with Crippen molar-refractivity contribution in [3.63, 3.8) is 0 Å². The van der Waals surface area contributed by atoms with Crippen LogP contribution in [0.3, 0.4) is 0 Å². The fraction of sp³-hybridized carbons (Fsp3) is 0.333. The highest BCUT2D eigenvalue weighted by Crippen LogP contribution is 2.37. The van der Waals surface area contributed by atoms with Crippen molar-refractivity contribution < 1.29 is 18.3 Å².